The van der Waals surface area contributed by atoms with Gasteiger partial charge in [0.2, 0.25) is 5.91 Å². The van der Waals surface area contributed by atoms with E-state index in [1.807, 2.05) is 31.2 Å². The normalized spacial score (nSPS) is 24.0. The van der Waals surface area contributed by atoms with Crippen LogP contribution in [0.1, 0.15) is 36.3 Å². The van der Waals surface area contributed by atoms with Crippen molar-refractivity contribution in [3.05, 3.63) is 59.4 Å². The van der Waals surface area contributed by atoms with Gasteiger partial charge in [-0.25, -0.2) is 4.39 Å². The summed E-state index contributed by atoms with van der Waals surface area (Å²) in [5.41, 5.74) is 2.84. The van der Waals surface area contributed by atoms with Gasteiger partial charge in [-0.3, -0.25) is 4.79 Å². The molecule has 1 aliphatic carbocycles. The largest absolute Gasteiger partial charge is 0.497 e. The third kappa shape index (κ3) is 3.98. The van der Waals surface area contributed by atoms with Gasteiger partial charge in [0, 0.05) is 25.0 Å². The number of amides is 1. The van der Waals surface area contributed by atoms with Crippen LogP contribution in [0.4, 0.5) is 10.1 Å². The van der Waals surface area contributed by atoms with Gasteiger partial charge >= 0.3 is 0 Å². The number of methoxy groups -OCH3 is 1. The summed E-state index contributed by atoms with van der Waals surface area (Å²) in [7, 11) is 1.65. The minimum absolute atomic E-state index is 0.0261. The zero-order valence-corrected chi connectivity index (χ0v) is 16.5. The number of rotatable bonds is 5. The predicted molar refractivity (Wildman–Crippen MR) is 108 cm³/mol. The summed E-state index contributed by atoms with van der Waals surface area (Å²) in [6.07, 6.45) is 2.76. The number of hydrogen-bond acceptors (Lipinski definition) is 3. The van der Waals surface area contributed by atoms with E-state index in [4.69, 9.17) is 4.74 Å². The van der Waals surface area contributed by atoms with Crippen LogP contribution in [-0.4, -0.2) is 32.1 Å². The van der Waals surface area contributed by atoms with Gasteiger partial charge in [0.25, 0.3) is 0 Å². The monoisotopic (exact) mass is 382 g/mol. The van der Waals surface area contributed by atoms with Crippen LogP contribution in [0.2, 0.25) is 0 Å². The zero-order valence-electron chi connectivity index (χ0n) is 16.5. The molecule has 4 rings (SSSR count). The van der Waals surface area contributed by atoms with Crippen molar-refractivity contribution in [1.29, 1.82) is 0 Å². The molecule has 0 spiro atoms. The highest BCUT2D eigenvalue weighted by Crippen LogP contribution is 2.48. The Kier molecular flexibility index (Phi) is 5.25. The van der Waals surface area contributed by atoms with E-state index in [1.54, 1.807) is 13.2 Å². The molecule has 3 unspecified atom stereocenters. The number of hydrogen-bond donors (Lipinski definition) is 1. The molecule has 1 amide bonds. The van der Waals surface area contributed by atoms with E-state index >= 15 is 0 Å². The smallest absolute Gasteiger partial charge is 0.224 e. The van der Waals surface area contributed by atoms with Gasteiger partial charge in [-0.15, -0.1) is 0 Å². The lowest BCUT2D eigenvalue weighted by molar-refractivity contribution is -0.123. The second-order valence-corrected chi connectivity index (χ2v) is 7.97. The molecule has 2 aromatic rings. The van der Waals surface area contributed by atoms with Crippen molar-refractivity contribution in [3.63, 3.8) is 0 Å². The molecule has 2 aliphatic rings. The van der Waals surface area contributed by atoms with Crippen LogP contribution in [0.15, 0.2) is 42.5 Å². The van der Waals surface area contributed by atoms with Gasteiger partial charge in [0.1, 0.15) is 11.6 Å². The van der Waals surface area contributed by atoms with Gasteiger partial charge in [-0.1, -0.05) is 18.2 Å². The van der Waals surface area contributed by atoms with Gasteiger partial charge in [0.05, 0.1) is 12.8 Å². The summed E-state index contributed by atoms with van der Waals surface area (Å²) in [5, 5.41) is 3.21. The van der Waals surface area contributed by atoms with E-state index in [2.05, 4.69) is 16.3 Å². The molecule has 0 radical (unpaired) electrons. The lowest BCUT2D eigenvalue weighted by Crippen LogP contribution is -2.48. The second-order valence-electron chi connectivity index (χ2n) is 7.97. The van der Waals surface area contributed by atoms with Crippen LogP contribution in [0, 0.1) is 18.7 Å². The Morgan fingerprint density at radius 3 is 2.93 bits per heavy atom. The molecule has 28 heavy (non-hydrogen) atoms. The molecule has 4 nitrogen and oxygen atoms in total. The van der Waals surface area contributed by atoms with Crippen LogP contribution in [-0.2, 0) is 4.79 Å². The fraction of sp³-hybridized carbons (Fsp3) is 0.435. The van der Waals surface area contributed by atoms with E-state index in [0.717, 1.165) is 42.7 Å². The first-order valence-electron chi connectivity index (χ1n) is 10.0. The van der Waals surface area contributed by atoms with Crippen molar-refractivity contribution >= 4 is 11.6 Å². The summed E-state index contributed by atoms with van der Waals surface area (Å²) in [6, 6.07) is 13.2. The standard InChI is InChI=1S/C23H27FN2O2/c1-15-8-9-21(24)22(11-15)26-10-4-6-17(14-26)25-23(27)20-13-19(20)16-5-3-7-18(12-16)28-2/h3,5,7-9,11-12,17,19-20H,4,6,10,13-14H2,1-2H3,(H,25,27). The molecule has 0 bridgehead atoms. The molecule has 1 aliphatic heterocycles. The molecular weight excluding hydrogens is 355 g/mol. The third-order valence-electron chi connectivity index (χ3n) is 5.86. The SMILES string of the molecule is COc1cccc(C2CC2C(=O)NC2CCCN(c3cc(C)ccc3F)C2)c1. The van der Waals surface area contributed by atoms with Crippen molar-refractivity contribution in [3.8, 4) is 5.75 Å². The molecule has 0 aromatic heterocycles. The molecule has 3 atom stereocenters. The molecule has 2 aromatic carbocycles. The van der Waals surface area contributed by atoms with Gasteiger partial charge in [-0.05, 0) is 67.5 Å². The first kappa shape index (κ1) is 18.8. The third-order valence-corrected chi connectivity index (χ3v) is 5.86. The maximum atomic E-state index is 14.2. The lowest BCUT2D eigenvalue weighted by Gasteiger charge is -2.35. The summed E-state index contributed by atoms with van der Waals surface area (Å²) in [5.74, 6) is 1.04. The maximum absolute atomic E-state index is 14.2. The quantitative estimate of drug-likeness (QED) is 0.849. The van der Waals surface area contributed by atoms with Crippen molar-refractivity contribution in [2.75, 3.05) is 25.1 Å². The van der Waals surface area contributed by atoms with E-state index < -0.39 is 0 Å². The average Bonchev–Trinajstić information content (AvgIpc) is 3.51. The van der Waals surface area contributed by atoms with Gasteiger partial charge in [0.15, 0.2) is 0 Å². The summed E-state index contributed by atoms with van der Waals surface area (Å²) in [6.45, 7) is 3.45. The Labute approximate surface area is 165 Å². The molecule has 1 N–H and O–H groups in total. The number of anilines is 1. The number of halogens is 1. The fourth-order valence-electron chi connectivity index (χ4n) is 4.21. The Bertz CT molecular complexity index is 869. The summed E-state index contributed by atoms with van der Waals surface area (Å²) < 4.78 is 19.5. The zero-order chi connectivity index (χ0) is 19.7. The minimum Gasteiger partial charge on any atom is -0.497 e. The number of nitrogens with one attached hydrogen (secondary N) is 1. The summed E-state index contributed by atoms with van der Waals surface area (Å²) >= 11 is 0. The number of aryl methyl sites for hydroxylation is 1. The van der Waals surface area contributed by atoms with Crippen molar-refractivity contribution < 1.29 is 13.9 Å². The predicted octanol–water partition coefficient (Wildman–Crippen LogP) is 4.03. The molecule has 148 valence electrons. The maximum Gasteiger partial charge on any atom is 0.224 e. The van der Waals surface area contributed by atoms with Gasteiger partial charge in [-0.2, -0.15) is 0 Å². The first-order chi connectivity index (χ1) is 13.5. The molecule has 2 fully saturated rings. The topological polar surface area (TPSA) is 41.6 Å². The molecule has 1 heterocycles. The van der Waals surface area contributed by atoms with E-state index in [0.29, 0.717) is 12.2 Å². The van der Waals surface area contributed by atoms with E-state index in [9.17, 15) is 9.18 Å². The Hall–Kier alpha value is -2.56. The minimum atomic E-state index is -0.196. The summed E-state index contributed by atoms with van der Waals surface area (Å²) in [4.78, 5) is 14.8. The molecule has 5 heteroatoms. The number of benzene rings is 2. The number of nitrogens with zero attached hydrogens (tertiary/aromatic N) is 1. The van der Waals surface area contributed by atoms with Crippen LogP contribution < -0.4 is 15.0 Å². The van der Waals surface area contributed by atoms with Crippen LogP contribution in [0.5, 0.6) is 5.75 Å². The lowest BCUT2D eigenvalue weighted by atomic mass is 10.0. The molecular formula is C23H27FN2O2. The highest BCUT2D eigenvalue weighted by molar-refractivity contribution is 5.83. The van der Waals surface area contributed by atoms with Crippen LogP contribution in [0.3, 0.4) is 0 Å². The number of carbonyl (C=O) groups excluding carboxylic acids is 1. The Morgan fingerprint density at radius 2 is 2.11 bits per heavy atom. The van der Waals surface area contributed by atoms with E-state index in [1.165, 1.54) is 6.07 Å². The van der Waals surface area contributed by atoms with Crippen molar-refractivity contribution in [1.82, 2.24) is 5.32 Å². The van der Waals surface area contributed by atoms with Crippen molar-refractivity contribution in [2.24, 2.45) is 5.92 Å². The van der Waals surface area contributed by atoms with Crippen molar-refractivity contribution in [2.45, 2.75) is 38.1 Å². The number of ether oxygens (including phenoxy) is 1. The first-order valence-corrected chi connectivity index (χ1v) is 10.0. The average molecular weight is 382 g/mol. The van der Waals surface area contributed by atoms with Gasteiger partial charge < -0.3 is 15.0 Å². The Balaban J connectivity index is 1.36. The highest BCUT2D eigenvalue weighted by Gasteiger charge is 2.44. The Morgan fingerprint density at radius 1 is 1.25 bits per heavy atom. The second kappa shape index (κ2) is 7.82. The number of carbonyl (C=O) groups is 1. The highest BCUT2D eigenvalue weighted by atomic mass is 19.1. The molecule has 1 saturated heterocycles. The van der Waals surface area contributed by atoms with Crippen LogP contribution in [0.25, 0.3) is 0 Å². The molecule has 1 saturated carbocycles. The van der Waals surface area contributed by atoms with Crippen LogP contribution >= 0.6 is 0 Å². The van der Waals surface area contributed by atoms with E-state index in [-0.39, 0.29) is 29.6 Å². The number of piperidine rings is 1. The fourth-order valence-corrected chi connectivity index (χ4v) is 4.21.